The van der Waals surface area contributed by atoms with E-state index in [1.54, 1.807) is 4.90 Å². The van der Waals surface area contributed by atoms with E-state index >= 15 is 0 Å². The fourth-order valence-electron chi connectivity index (χ4n) is 3.04. The normalized spacial score (nSPS) is 43.0. The Morgan fingerprint density at radius 3 is 2.72 bits per heavy atom. The zero-order chi connectivity index (χ0) is 13.5. The molecule has 4 N–H and O–H groups in total. The summed E-state index contributed by atoms with van der Waals surface area (Å²) >= 11 is 0. The summed E-state index contributed by atoms with van der Waals surface area (Å²) in [4.78, 5) is 12.7. The molecule has 18 heavy (non-hydrogen) atoms. The highest BCUT2D eigenvalue weighted by molar-refractivity contribution is 5.72. The van der Waals surface area contributed by atoms with Gasteiger partial charge in [-0.3, -0.25) is 9.69 Å². The lowest BCUT2D eigenvalue weighted by Crippen LogP contribution is -2.81. The highest BCUT2D eigenvalue weighted by Crippen LogP contribution is 2.48. The van der Waals surface area contributed by atoms with E-state index in [1.807, 2.05) is 0 Å². The minimum absolute atomic E-state index is 0.165. The number of rotatable bonds is 4. The number of hydrogen-bond donors (Lipinski definition) is 4. The number of piperidine rings is 1. The Morgan fingerprint density at radius 1 is 1.50 bits per heavy atom. The maximum Gasteiger partial charge on any atom is 0.310 e. The molecule has 0 aromatic rings. The fourth-order valence-corrected chi connectivity index (χ4v) is 3.04. The van der Waals surface area contributed by atoms with E-state index in [9.17, 15) is 20.1 Å². The quantitative estimate of drug-likeness (QED) is 0.364. The number of carboxylic acid groups (broad SMARTS) is 1. The van der Waals surface area contributed by atoms with Crippen LogP contribution in [0.1, 0.15) is 19.3 Å². The summed E-state index contributed by atoms with van der Waals surface area (Å²) in [7, 11) is 0. The van der Waals surface area contributed by atoms with Crippen molar-refractivity contribution in [1.29, 1.82) is 0 Å². The molecule has 3 aliphatic rings. The summed E-state index contributed by atoms with van der Waals surface area (Å²) < 4.78 is 0. The van der Waals surface area contributed by atoms with Crippen LogP contribution in [-0.4, -0.2) is 61.8 Å². The van der Waals surface area contributed by atoms with Crippen molar-refractivity contribution in [2.24, 2.45) is 5.92 Å². The summed E-state index contributed by atoms with van der Waals surface area (Å²) in [6.45, 7) is 0.416. The smallest absolute Gasteiger partial charge is 0.310 e. The van der Waals surface area contributed by atoms with Gasteiger partial charge in [-0.15, -0.1) is 12.3 Å². The molecule has 3 rings (SSSR count). The Kier molecular flexibility index (Phi) is 3.34. The number of carboxylic acids is 1. The first kappa shape index (κ1) is 13.3. The van der Waals surface area contributed by atoms with E-state index in [0.29, 0.717) is 19.4 Å². The van der Waals surface area contributed by atoms with Crippen molar-refractivity contribution in [2.75, 3.05) is 6.54 Å². The maximum absolute atomic E-state index is 11.1. The number of nitrogens with zero attached hydrogens (tertiary/aromatic N) is 1. The Labute approximate surface area is 105 Å². The monoisotopic (exact) mass is 255 g/mol. The Morgan fingerprint density at radius 2 is 2.17 bits per heavy atom. The lowest BCUT2D eigenvalue weighted by Gasteiger charge is -2.64. The van der Waals surface area contributed by atoms with Gasteiger partial charge in [0.2, 0.25) is 0 Å². The second-order valence-electron chi connectivity index (χ2n) is 4.95. The van der Waals surface area contributed by atoms with Crippen molar-refractivity contribution in [3.8, 4) is 12.3 Å². The third-order valence-corrected chi connectivity index (χ3v) is 3.99. The highest BCUT2D eigenvalue weighted by Gasteiger charge is 2.67. The molecule has 1 saturated carbocycles. The standard InChI is InChI=1S/C12H17NO5/c1-2-3-4-5-13-7-6-12(13,18)10(15)9(14)8(7)11(16)17/h1,7-10,14-15,18H,3-6H2,(H,16,17). The van der Waals surface area contributed by atoms with Gasteiger partial charge in [0.15, 0.2) is 0 Å². The number of aliphatic hydroxyl groups is 3. The molecule has 2 bridgehead atoms. The molecule has 2 aliphatic heterocycles. The Bertz CT molecular complexity index is 392. The fraction of sp³-hybridized carbons (Fsp3) is 0.750. The minimum Gasteiger partial charge on any atom is -0.481 e. The first-order chi connectivity index (χ1) is 8.43. The van der Waals surface area contributed by atoms with E-state index in [2.05, 4.69) is 5.92 Å². The zero-order valence-electron chi connectivity index (χ0n) is 9.86. The second kappa shape index (κ2) is 4.52. The molecule has 6 nitrogen and oxygen atoms in total. The van der Waals surface area contributed by atoms with Crippen molar-refractivity contribution in [3.05, 3.63) is 0 Å². The predicted octanol–water partition coefficient (Wildman–Crippen LogP) is -1.40. The van der Waals surface area contributed by atoms with Crippen LogP contribution in [-0.2, 0) is 4.79 Å². The van der Waals surface area contributed by atoms with Gasteiger partial charge in [0.25, 0.3) is 0 Å². The molecular formula is C12H17NO5. The molecule has 0 aromatic carbocycles. The third-order valence-electron chi connectivity index (χ3n) is 3.99. The van der Waals surface area contributed by atoms with E-state index in [4.69, 9.17) is 11.5 Å². The number of fused-ring (bicyclic) bond motifs is 2. The average molecular weight is 255 g/mol. The van der Waals surface area contributed by atoms with Crippen LogP contribution in [0.25, 0.3) is 0 Å². The van der Waals surface area contributed by atoms with Crippen LogP contribution < -0.4 is 0 Å². The van der Waals surface area contributed by atoms with Crippen LogP contribution in [0.15, 0.2) is 0 Å². The van der Waals surface area contributed by atoms with Crippen LogP contribution in [0.5, 0.6) is 0 Å². The van der Waals surface area contributed by atoms with E-state index < -0.39 is 35.9 Å². The van der Waals surface area contributed by atoms with E-state index in [0.717, 1.165) is 0 Å². The Hall–Kier alpha value is -1.13. The molecule has 0 aromatic heterocycles. The van der Waals surface area contributed by atoms with Crippen molar-refractivity contribution in [3.63, 3.8) is 0 Å². The molecule has 2 heterocycles. The molecule has 100 valence electrons. The molecule has 5 unspecified atom stereocenters. The predicted molar refractivity (Wildman–Crippen MR) is 61.3 cm³/mol. The molecular weight excluding hydrogens is 238 g/mol. The van der Waals surface area contributed by atoms with Gasteiger partial charge in [-0.2, -0.15) is 0 Å². The largest absolute Gasteiger partial charge is 0.481 e. The summed E-state index contributed by atoms with van der Waals surface area (Å²) in [6, 6.07) is -0.441. The molecule has 6 heteroatoms. The molecule has 0 amide bonds. The van der Waals surface area contributed by atoms with Gasteiger partial charge < -0.3 is 20.4 Å². The van der Waals surface area contributed by atoms with Crippen LogP contribution in [0.4, 0.5) is 0 Å². The SMILES string of the molecule is C#CCCCN1C2CC1(O)C(O)C(O)C2C(=O)O. The van der Waals surface area contributed by atoms with Crippen LogP contribution in [0, 0.1) is 18.3 Å². The van der Waals surface area contributed by atoms with E-state index in [-0.39, 0.29) is 6.42 Å². The number of hydrogen-bond acceptors (Lipinski definition) is 5. The molecule has 0 radical (unpaired) electrons. The lowest BCUT2D eigenvalue weighted by molar-refractivity contribution is -0.331. The number of aliphatic carboxylic acids is 1. The minimum atomic E-state index is -1.51. The third kappa shape index (κ3) is 1.71. The summed E-state index contributed by atoms with van der Waals surface area (Å²) in [5.41, 5.74) is -1.51. The highest BCUT2D eigenvalue weighted by atomic mass is 16.4. The molecule has 5 atom stereocenters. The maximum atomic E-state index is 11.1. The summed E-state index contributed by atoms with van der Waals surface area (Å²) in [5.74, 6) is 0.240. The zero-order valence-corrected chi connectivity index (χ0v) is 9.86. The van der Waals surface area contributed by atoms with Gasteiger partial charge >= 0.3 is 5.97 Å². The van der Waals surface area contributed by atoms with Crippen molar-refractivity contribution < 1.29 is 25.2 Å². The van der Waals surface area contributed by atoms with Gasteiger partial charge in [0.05, 0.1) is 6.10 Å². The summed E-state index contributed by atoms with van der Waals surface area (Å²) in [5, 5.41) is 38.9. The van der Waals surface area contributed by atoms with Crippen LogP contribution in [0.2, 0.25) is 0 Å². The van der Waals surface area contributed by atoms with Crippen molar-refractivity contribution in [2.45, 2.75) is 43.2 Å². The van der Waals surface area contributed by atoms with Gasteiger partial charge in [-0.05, 0) is 6.42 Å². The molecule has 3 fully saturated rings. The summed E-state index contributed by atoms with van der Waals surface area (Å²) in [6.07, 6.45) is 3.54. The van der Waals surface area contributed by atoms with Crippen molar-refractivity contribution in [1.82, 2.24) is 4.90 Å². The van der Waals surface area contributed by atoms with Crippen LogP contribution >= 0.6 is 0 Å². The number of unbranched alkanes of at least 4 members (excludes halogenated alkanes) is 1. The number of terminal acetylenes is 1. The molecule has 0 spiro atoms. The van der Waals surface area contributed by atoms with E-state index in [1.165, 1.54) is 0 Å². The van der Waals surface area contributed by atoms with Gasteiger partial charge in [-0.25, -0.2) is 0 Å². The first-order valence-electron chi connectivity index (χ1n) is 5.95. The Balaban J connectivity index is 2.13. The number of carbonyl (C=O) groups is 1. The van der Waals surface area contributed by atoms with Gasteiger partial charge in [-0.1, -0.05) is 0 Å². The van der Waals surface area contributed by atoms with Crippen molar-refractivity contribution >= 4 is 5.97 Å². The molecule has 1 aliphatic carbocycles. The first-order valence-corrected chi connectivity index (χ1v) is 5.95. The molecule has 2 saturated heterocycles. The van der Waals surface area contributed by atoms with Gasteiger partial charge in [0, 0.05) is 25.4 Å². The average Bonchev–Trinajstić information content (AvgIpc) is 2.30. The van der Waals surface area contributed by atoms with Crippen LogP contribution in [0.3, 0.4) is 0 Å². The second-order valence-corrected chi connectivity index (χ2v) is 4.95. The topological polar surface area (TPSA) is 101 Å². The number of aliphatic hydroxyl groups excluding tert-OH is 2. The lowest BCUT2D eigenvalue weighted by atomic mass is 9.66. The van der Waals surface area contributed by atoms with Gasteiger partial charge in [0.1, 0.15) is 17.7 Å².